The Hall–Kier alpha value is -2.15. The average Bonchev–Trinajstić information content (AvgIpc) is 3.03. The molecule has 130 valence electrons. The van der Waals surface area contributed by atoms with E-state index < -0.39 is 0 Å². The molecule has 1 unspecified atom stereocenters. The zero-order valence-electron chi connectivity index (χ0n) is 14.5. The predicted octanol–water partition coefficient (Wildman–Crippen LogP) is 3.64. The van der Waals surface area contributed by atoms with E-state index >= 15 is 0 Å². The second kappa shape index (κ2) is 8.63. The number of ether oxygens (including phenoxy) is 2. The molecular weight excluding hydrogens is 326 g/mol. The summed E-state index contributed by atoms with van der Waals surface area (Å²) in [6, 6.07) is 5.43. The molecule has 1 atom stereocenters. The number of rotatable bonds is 8. The molecule has 7 heteroatoms. The molecule has 2 aromatic rings. The normalized spacial score (nSPS) is 11.8. The number of aromatic nitrogens is 2. The van der Waals surface area contributed by atoms with Gasteiger partial charge >= 0.3 is 0 Å². The van der Waals surface area contributed by atoms with Crippen LogP contribution >= 0.6 is 11.3 Å². The van der Waals surface area contributed by atoms with E-state index in [1.165, 1.54) is 11.3 Å². The van der Waals surface area contributed by atoms with Crippen LogP contribution in [0.2, 0.25) is 0 Å². The number of nitrogens with one attached hydrogen (secondary N) is 1. The van der Waals surface area contributed by atoms with Crippen molar-refractivity contribution in [2.24, 2.45) is 0 Å². The van der Waals surface area contributed by atoms with Gasteiger partial charge in [0.05, 0.1) is 20.6 Å². The number of carbonyl (C=O) groups is 1. The molecule has 1 N–H and O–H groups in total. The van der Waals surface area contributed by atoms with E-state index in [1.54, 1.807) is 26.4 Å². The van der Waals surface area contributed by atoms with Crippen molar-refractivity contribution in [1.29, 1.82) is 0 Å². The highest BCUT2D eigenvalue weighted by molar-refractivity contribution is 7.15. The van der Waals surface area contributed by atoms with Crippen molar-refractivity contribution in [3.05, 3.63) is 28.8 Å². The zero-order chi connectivity index (χ0) is 17.5. The van der Waals surface area contributed by atoms with Gasteiger partial charge < -0.3 is 14.8 Å². The molecule has 24 heavy (non-hydrogen) atoms. The molecule has 0 radical (unpaired) electrons. The smallest absolute Gasteiger partial charge is 0.230 e. The van der Waals surface area contributed by atoms with Gasteiger partial charge in [-0.05, 0) is 24.1 Å². The lowest BCUT2D eigenvalue weighted by Gasteiger charge is -2.09. The fourth-order valence-corrected chi connectivity index (χ4v) is 3.23. The standard InChI is InChI=1S/C17H23N3O3S/c1-5-6-11(2)16-19-20-17(24-16)18-15(21)10-12-7-8-13(22-3)14(9-12)23-4/h7-9,11H,5-6,10H2,1-4H3,(H,18,20,21). The van der Waals surface area contributed by atoms with Crippen molar-refractivity contribution in [2.75, 3.05) is 19.5 Å². The van der Waals surface area contributed by atoms with Crippen LogP contribution in [0.25, 0.3) is 0 Å². The maximum absolute atomic E-state index is 12.2. The SMILES string of the molecule is CCCC(C)c1nnc(NC(=O)Cc2ccc(OC)c(OC)c2)s1. The van der Waals surface area contributed by atoms with Crippen LogP contribution < -0.4 is 14.8 Å². The van der Waals surface area contributed by atoms with Gasteiger partial charge in [0.15, 0.2) is 11.5 Å². The molecule has 0 fully saturated rings. The highest BCUT2D eigenvalue weighted by Gasteiger charge is 2.14. The molecule has 6 nitrogen and oxygen atoms in total. The minimum atomic E-state index is -0.131. The number of amides is 1. The molecule has 1 aromatic carbocycles. The van der Waals surface area contributed by atoms with E-state index in [0.29, 0.717) is 22.5 Å². The van der Waals surface area contributed by atoms with Crippen molar-refractivity contribution in [2.45, 2.75) is 39.0 Å². The van der Waals surface area contributed by atoms with Crippen molar-refractivity contribution in [3.63, 3.8) is 0 Å². The van der Waals surface area contributed by atoms with E-state index in [-0.39, 0.29) is 12.3 Å². The van der Waals surface area contributed by atoms with Crippen LogP contribution in [0.4, 0.5) is 5.13 Å². The number of anilines is 1. The summed E-state index contributed by atoms with van der Waals surface area (Å²) >= 11 is 1.43. The molecule has 0 aliphatic heterocycles. The quantitative estimate of drug-likeness (QED) is 0.787. The number of carbonyl (C=O) groups excluding carboxylic acids is 1. The molecule has 0 saturated heterocycles. The molecule has 0 aliphatic rings. The summed E-state index contributed by atoms with van der Waals surface area (Å²) in [7, 11) is 3.15. The Morgan fingerprint density at radius 3 is 2.67 bits per heavy atom. The largest absolute Gasteiger partial charge is 0.493 e. The Bertz CT molecular complexity index is 687. The van der Waals surface area contributed by atoms with E-state index in [2.05, 4.69) is 29.4 Å². The van der Waals surface area contributed by atoms with Gasteiger partial charge in [0, 0.05) is 5.92 Å². The molecule has 1 amide bonds. The summed E-state index contributed by atoms with van der Waals surface area (Å²) in [5.74, 6) is 1.48. The lowest BCUT2D eigenvalue weighted by Crippen LogP contribution is -2.14. The number of hydrogen-bond donors (Lipinski definition) is 1. The van der Waals surface area contributed by atoms with Crippen molar-refractivity contribution in [1.82, 2.24) is 10.2 Å². The van der Waals surface area contributed by atoms with E-state index in [1.807, 2.05) is 6.07 Å². The topological polar surface area (TPSA) is 73.3 Å². The Labute approximate surface area is 146 Å². The monoisotopic (exact) mass is 349 g/mol. The zero-order valence-corrected chi connectivity index (χ0v) is 15.3. The van der Waals surface area contributed by atoms with E-state index in [9.17, 15) is 4.79 Å². The summed E-state index contributed by atoms with van der Waals surface area (Å²) in [5.41, 5.74) is 0.842. The molecule has 0 spiro atoms. The second-order valence-electron chi connectivity index (χ2n) is 5.55. The van der Waals surface area contributed by atoms with Crippen molar-refractivity contribution >= 4 is 22.4 Å². The second-order valence-corrected chi connectivity index (χ2v) is 6.56. The van der Waals surface area contributed by atoms with Gasteiger partial charge in [-0.25, -0.2) is 0 Å². The van der Waals surface area contributed by atoms with Crippen LogP contribution in [0.15, 0.2) is 18.2 Å². The summed E-state index contributed by atoms with van der Waals surface area (Å²) < 4.78 is 10.4. The van der Waals surface area contributed by atoms with Gasteiger partial charge in [0.25, 0.3) is 0 Å². The fourth-order valence-electron chi connectivity index (χ4n) is 2.38. The minimum Gasteiger partial charge on any atom is -0.493 e. The molecule has 1 aromatic heterocycles. The highest BCUT2D eigenvalue weighted by atomic mass is 32.1. The minimum absolute atomic E-state index is 0.131. The highest BCUT2D eigenvalue weighted by Crippen LogP contribution is 2.28. The van der Waals surface area contributed by atoms with Crippen molar-refractivity contribution < 1.29 is 14.3 Å². The Morgan fingerprint density at radius 1 is 1.25 bits per heavy atom. The van der Waals surface area contributed by atoms with Gasteiger partial charge in [-0.3, -0.25) is 4.79 Å². The predicted molar refractivity (Wildman–Crippen MR) is 95.1 cm³/mol. The molecule has 1 heterocycles. The first kappa shape index (κ1) is 18.2. The molecular formula is C17H23N3O3S. The summed E-state index contributed by atoms with van der Waals surface area (Å²) in [4.78, 5) is 12.2. The van der Waals surface area contributed by atoms with Crippen molar-refractivity contribution in [3.8, 4) is 11.5 Å². The van der Waals surface area contributed by atoms with Gasteiger partial charge in [-0.1, -0.05) is 37.7 Å². The third-order valence-corrected chi connectivity index (χ3v) is 4.71. The Morgan fingerprint density at radius 2 is 2.00 bits per heavy atom. The van der Waals surface area contributed by atoms with Gasteiger partial charge in [0.1, 0.15) is 5.01 Å². The lowest BCUT2D eigenvalue weighted by molar-refractivity contribution is -0.115. The summed E-state index contributed by atoms with van der Waals surface area (Å²) in [6.45, 7) is 4.27. The van der Waals surface area contributed by atoms with Crippen LogP contribution in [-0.2, 0) is 11.2 Å². The number of methoxy groups -OCH3 is 2. The summed E-state index contributed by atoms with van der Waals surface area (Å²) in [6.07, 6.45) is 2.40. The maximum atomic E-state index is 12.2. The average molecular weight is 349 g/mol. The van der Waals surface area contributed by atoms with Crippen LogP contribution in [0.5, 0.6) is 11.5 Å². The number of nitrogens with zero attached hydrogens (tertiary/aromatic N) is 2. The fraction of sp³-hybridized carbons (Fsp3) is 0.471. The van der Waals surface area contributed by atoms with E-state index in [0.717, 1.165) is 23.4 Å². The van der Waals surface area contributed by atoms with E-state index in [4.69, 9.17) is 9.47 Å². The van der Waals surface area contributed by atoms with Gasteiger partial charge in [-0.15, -0.1) is 10.2 Å². The Balaban J connectivity index is 1.98. The van der Waals surface area contributed by atoms with Gasteiger partial charge in [0.2, 0.25) is 11.0 Å². The summed E-state index contributed by atoms with van der Waals surface area (Å²) in [5, 5.41) is 12.5. The van der Waals surface area contributed by atoms with Crippen LogP contribution in [0.3, 0.4) is 0 Å². The molecule has 2 rings (SSSR count). The van der Waals surface area contributed by atoms with Crippen LogP contribution in [0, 0.1) is 0 Å². The molecule has 0 bridgehead atoms. The lowest BCUT2D eigenvalue weighted by atomic mass is 10.1. The third-order valence-electron chi connectivity index (χ3n) is 3.64. The first-order valence-electron chi connectivity index (χ1n) is 7.91. The maximum Gasteiger partial charge on any atom is 0.230 e. The third kappa shape index (κ3) is 4.67. The molecule has 0 saturated carbocycles. The molecule has 0 aliphatic carbocycles. The van der Waals surface area contributed by atoms with Gasteiger partial charge in [-0.2, -0.15) is 0 Å². The van der Waals surface area contributed by atoms with Crippen LogP contribution in [-0.4, -0.2) is 30.3 Å². The van der Waals surface area contributed by atoms with Crippen LogP contribution in [0.1, 0.15) is 43.2 Å². The first-order valence-corrected chi connectivity index (χ1v) is 8.73. The number of hydrogen-bond acceptors (Lipinski definition) is 6. The first-order chi connectivity index (χ1) is 11.6. The Kier molecular flexibility index (Phi) is 6.54. The number of benzene rings is 1.